The highest BCUT2D eigenvalue weighted by Crippen LogP contribution is 2.19. The number of piperazine rings is 1. The first-order valence-electron chi connectivity index (χ1n) is 11.8. The van der Waals surface area contributed by atoms with E-state index >= 15 is 0 Å². The molecule has 8 nitrogen and oxygen atoms in total. The van der Waals surface area contributed by atoms with Gasteiger partial charge in [0.2, 0.25) is 0 Å². The van der Waals surface area contributed by atoms with E-state index < -0.39 is 0 Å². The number of amides is 2. The highest BCUT2D eigenvalue weighted by atomic mass is 16.5. The summed E-state index contributed by atoms with van der Waals surface area (Å²) in [5.74, 6) is 0.333. The Morgan fingerprint density at radius 3 is 2.26 bits per heavy atom. The Hall–Kier alpha value is -3.68. The molecular formula is C26H30N4O4. The lowest BCUT2D eigenvalue weighted by atomic mass is 10.1. The zero-order valence-electron chi connectivity index (χ0n) is 19.7. The van der Waals surface area contributed by atoms with Gasteiger partial charge in [-0.25, -0.2) is 4.68 Å². The molecule has 0 spiro atoms. The number of nitrogens with zero attached hydrogens (tertiary/aromatic N) is 4. The Bertz CT molecular complexity index is 1250. The number of carbonyl (C=O) groups excluding carboxylic acids is 2. The number of fused-ring (bicyclic) bond motifs is 1. The van der Waals surface area contributed by atoms with Crippen LogP contribution in [0.25, 0.3) is 10.8 Å². The Morgan fingerprint density at radius 1 is 0.912 bits per heavy atom. The summed E-state index contributed by atoms with van der Waals surface area (Å²) in [6, 6.07) is 14.2. The normalized spacial score (nSPS) is 13.8. The van der Waals surface area contributed by atoms with E-state index in [1.165, 1.54) is 4.68 Å². The maximum absolute atomic E-state index is 13.5. The van der Waals surface area contributed by atoms with Crippen molar-refractivity contribution >= 4 is 22.6 Å². The lowest BCUT2D eigenvalue weighted by molar-refractivity contribution is 0.0532. The summed E-state index contributed by atoms with van der Waals surface area (Å²) >= 11 is 0. The predicted molar refractivity (Wildman–Crippen MR) is 130 cm³/mol. The first-order valence-corrected chi connectivity index (χ1v) is 11.8. The van der Waals surface area contributed by atoms with Gasteiger partial charge in [-0.1, -0.05) is 44.0 Å². The molecule has 2 amide bonds. The molecule has 0 unspecified atom stereocenters. The molecule has 0 N–H and O–H groups in total. The second-order valence-electron chi connectivity index (χ2n) is 8.45. The Morgan fingerprint density at radius 2 is 1.59 bits per heavy atom. The van der Waals surface area contributed by atoms with Gasteiger partial charge in [0, 0.05) is 43.7 Å². The average Bonchev–Trinajstić information content (AvgIpc) is 2.89. The minimum atomic E-state index is -0.214. The standard InChI is InChI=1S/C26H30N4O4/c1-3-4-7-13-30-25(32)22-12-6-5-11-21(22)23(27-30)26(33)29-16-14-28(15-17-29)24(31)19-9-8-10-20(18-19)34-2/h5-6,8-12,18H,3-4,7,13-17H2,1-2H3. The SMILES string of the molecule is CCCCCn1nc(C(=O)N2CCN(C(=O)c3cccc(OC)c3)CC2)c2ccccc2c1=O. The van der Waals surface area contributed by atoms with E-state index in [4.69, 9.17) is 4.74 Å². The van der Waals surface area contributed by atoms with E-state index in [-0.39, 0.29) is 17.4 Å². The summed E-state index contributed by atoms with van der Waals surface area (Å²) in [5.41, 5.74) is 0.683. The summed E-state index contributed by atoms with van der Waals surface area (Å²) in [6.45, 7) is 4.25. The van der Waals surface area contributed by atoms with Gasteiger partial charge in [-0.05, 0) is 30.7 Å². The van der Waals surface area contributed by atoms with Gasteiger partial charge in [0.1, 0.15) is 5.75 Å². The summed E-state index contributed by atoms with van der Waals surface area (Å²) < 4.78 is 6.64. The average molecular weight is 463 g/mol. The van der Waals surface area contributed by atoms with Gasteiger partial charge in [-0.3, -0.25) is 14.4 Å². The van der Waals surface area contributed by atoms with Crippen LogP contribution in [0.2, 0.25) is 0 Å². The lowest BCUT2D eigenvalue weighted by Gasteiger charge is -2.34. The molecular weight excluding hydrogens is 432 g/mol. The minimum absolute atomic E-state index is 0.0842. The first kappa shape index (κ1) is 23.5. The number of hydrogen-bond acceptors (Lipinski definition) is 5. The predicted octanol–water partition coefficient (Wildman–Crippen LogP) is 3.19. The van der Waals surface area contributed by atoms with E-state index in [9.17, 15) is 14.4 Å². The number of aryl methyl sites for hydroxylation is 1. The molecule has 1 aliphatic rings. The van der Waals surface area contributed by atoms with Crippen LogP contribution < -0.4 is 10.3 Å². The van der Waals surface area contributed by atoms with Gasteiger partial charge >= 0.3 is 0 Å². The van der Waals surface area contributed by atoms with E-state index in [0.29, 0.717) is 60.5 Å². The molecule has 4 rings (SSSR count). The van der Waals surface area contributed by atoms with Crippen molar-refractivity contribution in [2.75, 3.05) is 33.3 Å². The topological polar surface area (TPSA) is 84.7 Å². The van der Waals surface area contributed by atoms with Crippen molar-refractivity contribution in [2.24, 2.45) is 0 Å². The van der Waals surface area contributed by atoms with Crippen molar-refractivity contribution in [3.8, 4) is 5.75 Å². The van der Waals surface area contributed by atoms with Gasteiger partial charge < -0.3 is 14.5 Å². The number of unbranched alkanes of at least 4 members (excludes halogenated alkanes) is 2. The van der Waals surface area contributed by atoms with Crippen LogP contribution in [0, 0.1) is 0 Å². The molecule has 3 aromatic rings. The fourth-order valence-corrected chi connectivity index (χ4v) is 4.26. The Balaban J connectivity index is 1.52. The van der Waals surface area contributed by atoms with E-state index in [1.807, 2.05) is 6.07 Å². The fourth-order valence-electron chi connectivity index (χ4n) is 4.26. The van der Waals surface area contributed by atoms with Gasteiger partial charge in [0.15, 0.2) is 5.69 Å². The molecule has 1 saturated heterocycles. The molecule has 0 saturated carbocycles. The highest BCUT2D eigenvalue weighted by molar-refractivity contribution is 6.05. The molecule has 1 aromatic heterocycles. The van der Waals surface area contributed by atoms with Crippen LogP contribution in [0.15, 0.2) is 53.3 Å². The lowest BCUT2D eigenvalue weighted by Crippen LogP contribution is -2.51. The highest BCUT2D eigenvalue weighted by Gasteiger charge is 2.28. The summed E-state index contributed by atoms with van der Waals surface area (Å²) in [4.78, 5) is 42.7. The van der Waals surface area contributed by atoms with Gasteiger partial charge in [-0.15, -0.1) is 0 Å². The van der Waals surface area contributed by atoms with Crippen LogP contribution in [-0.4, -0.2) is 64.7 Å². The molecule has 0 bridgehead atoms. The van der Waals surface area contributed by atoms with Gasteiger partial charge in [0.05, 0.1) is 12.5 Å². The van der Waals surface area contributed by atoms with Crippen molar-refractivity contribution in [2.45, 2.75) is 32.7 Å². The molecule has 0 atom stereocenters. The maximum Gasteiger partial charge on any atom is 0.275 e. The van der Waals surface area contributed by atoms with Crippen LogP contribution in [0.4, 0.5) is 0 Å². The molecule has 0 aliphatic carbocycles. The van der Waals surface area contributed by atoms with Crippen LogP contribution in [0.1, 0.15) is 47.0 Å². The van der Waals surface area contributed by atoms with E-state index in [0.717, 1.165) is 19.3 Å². The number of rotatable bonds is 7. The number of aromatic nitrogens is 2. The van der Waals surface area contributed by atoms with Crippen molar-refractivity contribution in [1.29, 1.82) is 0 Å². The fraction of sp³-hybridized carbons (Fsp3) is 0.385. The number of benzene rings is 2. The molecule has 2 heterocycles. The first-order chi connectivity index (χ1) is 16.5. The molecule has 1 fully saturated rings. The zero-order valence-corrected chi connectivity index (χ0v) is 19.7. The smallest absolute Gasteiger partial charge is 0.275 e. The summed E-state index contributed by atoms with van der Waals surface area (Å²) in [6.07, 6.45) is 2.86. The van der Waals surface area contributed by atoms with Gasteiger partial charge in [0.25, 0.3) is 17.4 Å². The van der Waals surface area contributed by atoms with Crippen molar-refractivity contribution in [1.82, 2.24) is 19.6 Å². The summed E-state index contributed by atoms with van der Waals surface area (Å²) in [5, 5.41) is 5.56. The Kier molecular flexibility index (Phi) is 7.25. The molecule has 1 aliphatic heterocycles. The largest absolute Gasteiger partial charge is 0.497 e. The van der Waals surface area contributed by atoms with Crippen molar-refractivity contribution in [3.05, 3.63) is 70.1 Å². The second-order valence-corrected chi connectivity index (χ2v) is 8.45. The number of carbonyl (C=O) groups is 2. The number of ether oxygens (including phenoxy) is 1. The number of hydrogen-bond donors (Lipinski definition) is 0. The Labute approximate surface area is 198 Å². The molecule has 0 radical (unpaired) electrons. The zero-order chi connectivity index (χ0) is 24.1. The maximum atomic E-state index is 13.5. The van der Waals surface area contributed by atoms with Crippen LogP contribution in [0.5, 0.6) is 5.75 Å². The van der Waals surface area contributed by atoms with Crippen molar-refractivity contribution < 1.29 is 14.3 Å². The second kappa shape index (κ2) is 10.5. The van der Waals surface area contributed by atoms with Crippen LogP contribution in [0.3, 0.4) is 0 Å². The summed E-state index contributed by atoms with van der Waals surface area (Å²) in [7, 11) is 1.57. The molecule has 178 valence electrons. The van der Waals surface area contributed by atoms with Crippen molar-refractivity contribution in [3.63, 3.8) is 0 Å². The third kappa shape index (κ3) is 4.81. The monoisotopic (exact) mass is 462 g/mol. The van der Waals surface area contributed by atoms with Crippen LogP contribution >= 0.6 is 0 Å². The quantitative estimate of drug-likeness (QED) is 0.504. The minimum Gasteiger partial charge on any atom is -0.497 e. The molecule has 8 heteroatoms. The van der Waals surface area contributed by atoms with E-state index in [2.05, 4.69) is 12.0 Å². The van der Waals surface area contributed by atoms with Crippen LogP contribution in [-0.2, 0) is 6.54 Å². The van der Waals surface area contributed by atoms with E-state index in [1.54, 1.807) is 59.4 Å². The number of methoxy groups -OCH3 is 1. The third-order valence-corrected chi connectivity index (χ3v) is 6.21. The molecule has 2 aromatic carbocycles. The third-order valence-electron chi connectivity index (χ3n) is 6.21. The van der Waals surface area contributed by atoms with Gasteiger partial charge in [-0.2, -0.15) is 5.10 Å². The molecule has 34 heavy (non-hydrogen) atoms.